The minimum absolute atomic E-state index is 0.438. The van der Waals surface area contributed by atoms with Gasteiger partial charge < -0.3 is 29.5 Å². The zero-order valence-corrected chi connectivity index (χ0v) is 12.6. The lowest BCUT2D eigenvalue weighted by molar-refractivity contribution is -0.172. The maximum absolute atomic E-state index is 11.5. The van der Waals surface area contributed by atoms with Crippen LogP contribution in [0.25, 0.3) is 0 Å². The van der Waals surface area contributed by atoms with E-state index < -0.39 is 60.8 Å². The molecule has 0 bridgehead atoms. The Morgan fingerprint density at radius 2 is 1.35 bits per heavy atom. The van der Waals surface area contributed by atoms with Crippen molar-refractivity contribution in [2.24, 2.45) is 0 Å². The highest BCUT2D eigenvalue weighted by molar-refractivity contribution is 5.85. The van der Waals surface area contributed by atoms with Crippen molar-refractivity contribution in [1.29, 1.82) is 0 Å². The maximum Gasteiger partial charge on any atom is 0.345 e. The predicted octanol–water partition coefficient (Wildman–Crippen LogP) is -0.134. The van der Waals surface area contributed by atoms with Gasteiger partial charge in [0.1, 0.15) is 5.76 Å². The number of carboxylic acids is 2. The summed E-state index contributed by atoms with van der Waals surface area (Å²) in [7, 11) is 1.06. The highest BCUT2D eigenvalue weighted by atomic mass is 16.6. The van der Waals surface area contributed by atoms with Crippen LogP contribution in [-0.4, -0.2) is 64.6 Å². The zero-order valence-electron chi connectivity index (χ0n) is 12.6. The second-order valence-corrected chi connectivity index (χ2v) is 4.41. The quantitative estimate of drug-likeness (QED) is 0.363. The molecule has 130 valence electrons. The van der Waals surface area contributed by atoms with E-state index >= 15 is 0 Å². The summed E-state index contributed by atoms with van der Waals surface area (Å²) in [5, 5.41) is 26.6. The number of aliphatic hydroxyl groups excluding tert-OH is 1. The third kappa shape index (κ3) is 7.81. The van der Waals surface area contributed by atoms with Gasteiger partial charge in [0, 0.05) is 7.11 Å². The molecule has 0 radical (unpaired) electrons. The molecule has 0 aliphatic rings. The van der Waals surface area contributed by atoms with Crippen molar-refractivity contribution in [2.75, 3.05) is 7.11 Å². The first kappa shape index (κ1) is 20.4. The van der Waals surface area contributed by atoms with E-state index in [9.17, 15) is 19.2 Å². The summed E-state index contributed by atoms with van der Waals surface area (Å²) in [5.74, 6) is -5.69. The van der Waals surface area contributed by atoms with Crippen LogP contribution in [0.5, 0.6) is 0 Å². The van der Waals surface area contributed by atoms with Crippen molar-refractivity contribution >= 4 is 23.9 Å². The van der Waals surface area contributed by atoms with Gasteiger partial charge in [0.15, 0.2) is 12.2 Å². The summed E-state index contributed by atoms with van der Waals surface area (Å²) in [6.45, 7) is 4.44. The third-order valence-corrected chi connectivity index (χ3v) is 2.59. The molecule has 0 rings (SSSR count). The predicted molar refractivity (Wildman–Crippen MR) is 72.5 cm³/mol. The molecular weight excluding hydrogens is 316 g/mol. The molecule has 0 spiro atoms. The number of carbonyl (C=O) groups excluding carboxylic acids is 2. The van der Waals surface area contributed by atoms with Crippen LogP contribution in [0.4, 0.5) is 0 Å². The molecule has 23 heavy (non-hydrogen) atoms. The number of carbonyl (C=O) groups is 4. The highest BCUT2D eigenvalue weighted by Gasteiger charge is 2.30. The van der Waals surface area contributed by atoms with Crippen LogP contribution in [0.2, 0.25) is 0 Å². The topological polar surface area (TPSA) is 157 Å². The molecule has 0 saturated carbocycles. The van der Waals surface area contributed by atoms with Crippen molar-refractivity contribution < 1.29 is 48.7 Å². The fourth-order valence-electron chi connectivity index (χ4n) is 1.27. The minimum Gasteiger partial charge on any atom is -0.509 e. The SMILES string of the molecule is C=C(O)C(C)OC(=O)CC(OC(=O)CC(OC)C(=O)O)C(=O)O. The zero-order chi connectivity index (χ0) is 18.2. The fourth-order valence-corrected chi connectivity index (χ4v) is 1.27. The average Bonchev–Trinajstić information content (AvgIpc) is 2.43. The van der Waals surface area contributed by atoms with E-state index in [-0.39, 0.29) is 0 Å². The number of carboxylic acid groups (broad SMARTS) is 2. The van der Waals surface area contributed by atoms with Crippen molar-refractivity contribution in [3.8, 4) is 0 Å². The van der Waals surface area contributed by atoms with Crippen LogP contribution in [-0.2, 0) is 33.4 Å². The Labute approximate surface area is 131 Å². The van der Waals surface area contributed by atoms with Gasteiger partial charge in [-0.3, -0.25) is 9.59 Å². The summed E-state index contributed by atoms with van der Waals surface area (Å²) in [6.07, 6.45) is -5.96. The Balaban J connectivity index is 4.66. The van der Waals surface area contributed by atoms with Gasteiger partial charge in [0.2, 0.25) is 6.10 Å². The van der Waals surface area contributed by atoms with Crippen molar-refractivity contribution in [1.82, 2.24) is 0 Å². The number of esters is 2. The largest absolute Gasteiger partial charge is 0.509 e. The highest BCUT2D eigenvalue weighted by Crippen LogP contribution is 2.09. The van der Waals surface area contributed by atoms with E-state index in [1.54, 1.807) is 0 Å². The number of ether oxygens (including phenoxy) is 3. The van der Waals surface area contributed by atoms with Crippen LogP contribution in [0.15, 0.2) is 12.3 Å². The summed E-state index contributed by atoms with van der Waals surface area (Å²) in [6, 6.07) is 0. The first-order valence-corrected chi connectivity index (χ1v) is 6.33. The van der Waals surface area contributed by atoms with Gasteiger partial charge in [0.05, 0.1) is 12.8 Å². The lowest BCUT2D eigenvalue weighted by Gasteiger charge is -2.16. The van der Waals surface area contributed by atoms with Crippen LogP contribution in [0.1, 0.15) is 19.8 Å². The Hall–Kier alpha value is -2.62. The molecule has 0 saturated heterocycles. The molecular formula is C13H18O10. The third-order valence-electron chi connectivity index (χ3n) is 2.59. The Kier molecular flexibility index (Phi) is 8.34. The maximum atomic E-state index is 11.5. The summed E-state index contributed by atoms with van der Waals surface area (Å²) < 4.78 is 13.7. The number of hydrogen-bond acceptors (Lipinski definition) is 8. The van der Waals surface area contributed by atoms with E-state index in [1.165, 1.54) is 6.92 Å². The van der Waals surface area contributed by atoms with Gasteiger partial charge in [-0.1, -0.05) is 6.58 Å². The van der Waals surface area contributed by atoms with Gasteiger partial charge in [0.25, 0.3) is 0 Å². The fraction of sp³-hybridized carbons (Fsp3) is 0.538. The molecule has 0 heterocycles. The number of aliphatic carboxylic acids is 2. The molecule has 0 aromatic carbocycles. The van der Waals surface area contributed by atoms with Crippen molar-refractivity contribution in [2.45, 2.75) is 38.1 Å². The van der Waals surface area contributed by atoms with E-state index in [1.807, 2.05) is 0 Å². The number of aliphatic hydroxyl groups is 1. The molecule has 3 N–H and O–H groups in total. The molecule has 3 atom stereocenters. The molecule has 0 fully saturated rings. The standard InChI is InChI=1S/C13H18O10/c1-6(14)7(2)22-10(15)5-9(13(19)20)23-11(16)4-8(21-3)12(17)18/h7-9,14H,1,4-5H2,2-3H3,(H,17,18)(H,19,20). The summed E-state index contributed by atoms with van der Waals surface area (Å²) in [5.41, 5.74) is 0. The van der Waals surface area contributed by atoms with Crippen LogP contribution < -0.4 is 0 Å². The normalized spacial score (nSPS) is 14.2. The summed E-state index contributed by atoms with van der Waals surface area (Å²) in [4.78, 5) is 44.7. The van der Waals surface area contributed by atoms with E-state index in [4.69, 9.17) is 15.3 Å². The number of rotatable bonds is 10. The molecule has 0 aromatic rings. The van der Waals surface area contributed by atoms with Gasteiger partial charge in [-0.2, -0.15) is 0 Å². The number of hydrogen-bond donors (Lipinski definition) is 3. The molecule has 0 aliphatic carbocycles. The van der Waals surface area contributed by atoms with Crippen LogP contribution >= 0.6 is 0 Å². The monoisotopic (exact) mass is 334 g/mol. The van der Waals surface area contributed by atoms with Crippen LogP contribution in [0.3, 0.4) is 0 Å². The minimum atomic E-state index is -1.86. The first-order chi connectivity index (χ1) is 10.6. The van der Waals surface area contributed by atoms with Gasteiger partial charge in [-0.05, 0) is 6.92 Å². The van der Waals surface area contributed by atoms with E-state index in [2.05, 4.69) is 20.8 Å². The molecule has 0 amide bonds. The molecule has 0 aliphatic heterocycles. The molecule has 3 unspecified atom stereocenters. The molecule has 10 heteroatoms. The van der Waals surface area contributed by atoms with Crippen LogP contribution in [0, 0.1) is 0 Å². The number of methoxy groups -OCH3 is 1. The summed E-state index contributed by atoms with van der Waals surface area (Å²) >= 11 is 0. The lowest BCUT2D eigenvalue weighted by Crippen LogP contribution is -2.34. The van der Waals surface area contributed by atoms with E-state index in [0.717, 1.165) is 7.11 Å². The van der Waals surface area contributed by atoms with Gasteiger partial charge in [-0.25, -0.2) is 9.59 Å². The second-order valence-electron chi connectivity index (χ2n) is 4.41. The van der Waals surface area contributed by atoms with Crippen molar-refractivity contribution in [3.63, 3.8) is 0 Å². The second kappa shape index (κ2) is 9.41. The van der Waals surface area contributed by atoms with Gasteiger partial charge >= 0.3 is 23.9 Å². The lowest BCUT2D eigenvalue weighted by atomic mass is 10.2. The van der Waals surface area contributed by atoms with Crippen molar-refractivity contribution in [3.05, 3.63) is 12.3 Å². The smallest absolute Gasteiger partial charge is 0.345 e. The Morgan fingerprint density at radius 3 is 1.74 bits per heavy atom. The first-order valence-electron chi connectivity index (χ1n) is 6.33. The van der Waals surface area contributed by atoms with Gasteiger partial charge in [-0.15, -0.1) is 0 Å². The molecule has 0 aromatic heterocycles. The molecule has 10 nitrogen and oxygen atoms in total. The average molecular weight is 334 g/mol. The Bertz CT molecular complexity index is 483. The van der Waals surface area contributed by atoms with E-state index in [0.29, 0.717) is 0 Å². The Morgan fingerprint density at radius 1 is 0.913 bits per heavy atom.